The summed E-state index contributed by atoms with van der Waals surface area (Å²) in [6, 6.07) is 11.3. The van der Waals surface area contributed by atoms with Gasteiger partial charge in [-0.25, -0.2) is 4.98 Å². The zero-order valence-electron chi connectivity index (χ0n) is 9.83. The molecule has 0 radical (unpaired) electrons. The Kier molecular flexibility index (Phi) is 2.64. The van der Waals surface area contributed by atoms with E-state index in [2.05, 4.69) is 10.3 Å². The largest absolute Gasteiger partial charge is 0.508 e. The highest BCUT2D eigenvalue weighted by molar-refractivity contribution is 6.05. The number of fused-ring (bicyclic) bond motifs is 1. The predicted octanol–water partition coefficient (Wildman–Crippen LogP) is 2.79. The highest BCUT2D eigenvalue weighted by Gasteiger charge is 2.08. The second kappa shape index (κ2) is 4.45. The Hall–Kier alpha value is -2.82. The fourth-order valence-electron chi connectivity index (χ4n) is 1.75. The van der Waals surface area contributed by atoms with Crippen LogP contribution in [0.3, 0.4) is 0 Å². The first-order chi connectivity index (χ1) is 9.22. The van der Waals surface area contributed by atoms with Gasteiger partial charge in [-0.05, 0) is 42.5 Å². The average molecular weight is 254 g/mol. The number of aromatic hydroxyl groups is 1. The number of hydrogen-bond donors (Lipinski definition) is 2. The van der Waals surface area contributed by atoms with Gasteiger partial charge in [0.1, 0.15) is 11.3 Å². The van der Waals surface area contributed by atoms with Crippen molar-refractivity contribution in [2.24, 2.45) is 0 Å². The van der Waals surface area contributed by atoms with Crippen molar-refractivity contribution < 1.29 is 14.3 Å². The van der Waals surface area contributed by atoms with Crippen molar-refractivity contribution in [3.8, 4) is 5.75 Å². The van der Waals surface area contributed by atoms with Crippen molar-refractivity contribution in [1.29, 1.82) is 0 Å². The average Bonchev–Trinajstić information content (AvgIpc) is 2.88. The molecule has 0 saturated carbocycles. The summed E-state index contributed by atoms with van der Waals surface area (Å²) in [7, 11) is 0. The van der Waals surface area contributed by atoms with Crippen LogP contribution in [0.1, 0.15) is 10.4 Å². The van der Waals surface area contributed by atoms with Gasteiger partial charge in [0.2, 0.25) is 0 Å². The molecule has 3 aromatic rings. The van der Waals surface area contributed by atoms with E-state index in [-0.39, 0.29) is 11.7 Å². The molecule has 1 heterocycles. The van der Waals surface area contributed by atoms with Crippen LogP contribution in [-0.4, -0.2) is 16.0 Å². The van der Waals surface area contributed by atoms with Gasteiger partial charge >= 0.3 is 0 Å². The Morgan fingerprint density at radius 3 is 2.74 bits per heavy atom. The number of carbonyl (C=O) groups excluding carboxylic acids is 1. The van der Waals surface area contributed by atoms with Crippen LogP contribution in [0.4, 0.5) is 5.69 Å². The third-order valence-electron chi connectivity index (χ3n) is 2.72. The molecule has 5 nitrogen and oxygen atoms in total. The molecule has 0 fully saturated rings. The van der Waals surface area contributed by atoms with Crippen molar-refractivity contribution in [2.75, 3.05) is 5.32 Å². The van der Waals surface area contributed by atoms with Gasteiger partial charge in [0, 0.05) is 11.3 Å². The summed E-state index contributed by atoms with van der Waals surface area (Å²) in [4.78, 5) is 16.0. The van der Waals surface area contributed by atoms with Gasteiger partial charge in [-0.15, -0.1) is 0 Å². The number of phenols is 1. The number of hydrogen-bond acceptors (Lipinski definition) is 4. The number of rotatable bonds is 2. The third-order valence-corrected chi connectivity index (χ3v) is 2.72. The Morgan fingerprint density at radius 2 is 1.95 bits per heavy atom. The van der Waals surface area contributed by atoms with Gasteiger partial charge in [-0.2, -0.15) is 0 Å². The van der Waals surface area contributed by atoms with Gasteiger partial charge < -0.3 is 14.8 Å². The van der Waals surface area contributed by atoms with E-state index in [4.69, 9.17) is 4.42 Å². The lowest BCUT2D eigenvalue weighted by atomic mass is 10.2. The van der Waals surface area contributed by atoms with E-state index in [0.29, 0.717) is 22.4 Å². The maximum Gasteiger partial charge on any atom is 0.255 e. The Bertz CT molecular complexity index is 732. The van der Waals surface area contributed by atoms with E-state index < -0.39 is 0 Å². The quantitative estimate of drug-likeness (QED) is 0.689. The number of carbonyl (C=O) groups is 1. The lowest BCUT2D eigenvalue weighted by Gasteiger charge is -2.05. The number of nitrogens with zero attached hydrogens (tertiary/aromatic N) is 1. The Labute approximate surface area is 108 Å². The molecule has 3 rings (SSSR count). The molecule has 1 aromatic heterocycles. The molecule has 19 heavy (non-hydrogen) atoms. The maximum atomic E-state index is 12.0. The minimum absolute atomic E-state index is 0.155. The number of oxazole rings is 1. The SMILES string of the molecule is O=C(Nc1ccc(O)cc1)c1ccc2ocnc2c1. The summed E-state index contributed by atoms with van der Waals surface area (Å²) >= 11 is 0. The van der Waals surface area contributed by atoms with Crippen LogP contribution in [0.5, 0.6) is 5.75 Å². The van der Waals surface area contributed by atoms with Gasteiger partial charge in [0.05, 0.1) is 0 Å². The minimum Gasteiger partial charge on any atom is -0.508 e. The van der Waals surface area contributed by atoms with E-state index in [1.165, 1.54) is 18.5 Å². The van der Waals surface area contributed by atoms with Crippen LogP contribution in [0.2, 0.25) is 0 Å². The smallest absolute Gasteiger partial charge is 0.255 e. The van der Waals surface area contributed by atoms with E-state index in [1.807, 2.05) is 0 Å². The Morgan fingerprint density at radius 1 is 1.16 bits per heavy atom. The summed E-state index contributed by atoms with van der Waals surface area (Å²) < 4.78 is 5.11. The summed E-state index contributed by atoms with van der Waals surface area (Å²) in [6.45, 7) is 0. The number of amides is 1. The molecule has 94 valence electrons. The lowest BCUT2D eigenvalue weighted by Crippen LogP contribution is -2.11. The Balaban J connectivity index is 1.84. The second-order valence-corrected chi connectivity index (χ2v) is 4.04. The molecule has 2 N–H and O–H groups in total. The minimum atomic E-state index is -0.240. The van der Waals surface area contributed by atoms with Crippen molar-refractivity contribution >= 4 is 22.7 Å². The van der Waals surface area contributed by atoms with Gasteiger partial charge in [0.15, 0.2) is 12.0 Å². The standard InChI is InChI=1S/C14H10N2O3/c17-11-4-2-10(3-5-11)16-14(18)9-1-6-13-12(7-9)15-8-19-13/h1-8,17H,(H,16,18). The fourth-order valence-corrected chi connectivity index (χ4v) is 1.75. The molecule has 0 spiro atoms. The van der Waals surface area contributed by atoms with Crippen molar-refractivity contribution in [3.05, 3.63) is 54.4 Å². The molecule has 0 unspecified atom stereocenters. The molecular formula is C14H10N2O3. The molecule has 0 aliphatic heterocycles. The zero-order valence-corrected chi connectivity index (χ0v) is 9.83. The molecule has 5 heteroatoms. The van der Waals surface area contributed by atoms with Crippen molar-refractivity contribution in [3.63, 3.8) is 0 Å². The van der Waals surface area contributed by atoms with Gasteiger partial charge in [-0.1, -0.05) is 0 Å². The third kappa shape index (κ3) is 2.26. The fraction of sp³-hybridized carbons (Fsp3) is 0. The van der Waals surface area contributed by atoms with Crippen LogP contribution in [0.25, 0.3) is 11.1 Å². The predicted molar refractivity (Wildman–Crippen MR) is 70.1 cm³/mol. The number of phenolic OH excluding ortho intramolecular Hbond substituents is 1. The molecule has 0 atom stereocenters. The summed E-state index contributed by atoms with van der Waals surface area (Å²) in [5.74, 6) is -0.0856. The van der Waals surface area contributed by atoms with Crippen molar-refractivity contribution in [2.45, 2.75) is 0 Å². The van der Waals surface area contributed by atoms with E-state index in [0.717, 1.165) is 0 Å². The van der Waals surface area contributed by atoms with Crippen LogP contribution >= 0.6 is 0 Å². The monoisotopic (exact) mass is 254 g/mol. The van der Waals surface area contributed by atoms with Crippen LogP contribution in [0, 0.1) is 0 Å². The van der Waals surface area contributed by atoms with Gasteiger partial charge in [-0.3, -0.25) is 4.79 Å². The van der Waals surface area contributed by atoms with Crippen LogP contribution in [0.15, 0.2) is 53.3 Å². The molecule has 0 bridgehead atoms. The van der Waals surface area contributed by atoms with E-state index >= 15 is 0 Å². The maximum absolute atomic E-state index is 12.0. The number of benzene rings is 2. The highest BCUT2D eigenvalue weighted by Crippen LogP contribution is 2.17. The van der Waals surface area contributed by atoms with Crippen LogP contribution in [-0.2, 0) is 0 Å². The number of anilines is 1. The van der Waals surface area contributed by atoms with Crippen molar-refractivity contribution in [1.82, 2.24) is 4.98 Å². The van der Waals surface area contributed by atoms with Gasteiger partial charge in [0.25, 0.3) is 5.91 Å². The number of nitrogens with one attached hydrogen (secondary N) is 1. The summed E-state index contributed by atoms with van der Waals surface area (Å²) in [5.41, 5.74) is 2.39. The first-order valence-electron chi connectivity index (χ1n) is 5.66. The lowest BCUT2D eigenvalue weighted by molar-refractivity contribution is 0.102. The summed E-state index contributed by atoms with van der Waals surface area (Å²) in [6.07, 6.45) is 1.34. The summed E-state index contributed by atoms with van der Waals surface area (Å²) in [5, 5.41) is 11.9. The van der Waals surface area contributed by atoms with E-state index in [9.17, 15) is 9.90 Å². The first kappa shape index (κ1) is 11.3. The van der Waals surface area contributed by atoms with E-state index in [1.54, 1.807) is 30.3 Å². The molecular weight excluding hydrogens is 244 g/mol. The molecule has 0 saturated heterocycles. The molecule has 0 aliphatic carbocycles. The van der Waals surface area contributed by atoms with Crippen LogP contribution < -0.4 is 5.32 Å². The normalized spacial score (nSPS) is 10.5. The first-order valence-corrected chi connectivity index (χ1v) is 5.66. The molecule has 0 aliphatic rings. The topological polar surface area (TPSA) is 75.4 Å². The highest BCUT2D eigenvalue weighted by atomic mass is 16.3. The second-order valence-electron chi connectivity index (χ2n) is 4.04. The number of aromatic nitrogens is 1. The molecule has 1 amide bonds. The molecule has 2 aromatic carbocycles. The zero-order chi connectivity index (χ0) is 13.2.